The van der Waals surface area contributed by atoms with Crippen LogP contribution >= 0.6 is 0 Å². The van der Waals surface area contributed by atoms with E-state index in [2.05, 4.69) is 5.32 Å². The first-order chi connectivity index (χ1) is 12.0. The first kappa shape index (κ1) is 16.7. The highest BCUT2D eigenvalue weighted by atomic mass is 19.1. The van der Waals surface area contributed by atoms with Gasteiger partial charge in [-0.3, -0.25) is 4.79 Å². The SMILES string of the molecule is CCOC(=O)c1ccc(NC(=O)c2cc3c(F)cccc3n2C)cc1. The Morgan fingerprint density at radius 2 is 1.88 bits per heavy atom. The normalized spacial score (nSPS) is 10.7. The molecule has 5 nitrogen and oxygen atoms in total. The van der Waals surface area contributed by atoms with Crippen molar-refractivity contribution in [2.45, 2.75) is 6.92 Å². The Morgan fingerprint density at radius 3 is 2.52 bits per heavy atom. The number of benzene rings is 2. The van der Waals surface area contributed by atoms with E-state index in [-0.39, 0.29) is 11.7 Å². The van der Waals surface area contributed by atoms with Crippen LogP contribution in [0.25, 0.3) is 10.9 Å². The zero-order chi connectivity index (χ0) is 18.0. The highest BCUT2D eigenvalue weighted by Crippen LogP contribution is 2.22. The number of carbonyl (C=O) groups excluding carboxylic acids is 2. The van der Waals surface area contributed by atoms with Crippen LogP contribution in [0.2, 0.25) is 0 Å². The lowest BCUT2D eigenvalue weighted by Crippen LogP contribution is -2.15. The maximum Gasteiger partial charge on any atom is 0.338 e. The summed E-state index contributed by atoms with van der Waals surface area (Å²) < 4.78 is 20.4. The molecule has 25 heavy (non-hydrogen) atoms. The Labute approximate surface area is 144 Å². The lowest BCUT2D eigenvalue weighted by atomic mass is 10.2. The van der Waals surface area contributed by atoms with Crippen molar-refractivity contribution in [1.82, 2.24) is 4.57 Å². The van der Waals surface area contributed by atoms with E-state index in [0.717, 1.165) is 0 Å². The van der Waals surface area contributed by atoms with Crippen molar-refractivity contribution in [1.29, 1.82) is 0 Å². The molecule has 0 aliphatic carbocycles. The minimum atomic E-state index is -0.412. The number of ether oxygens (including phenoxy) is 1. The van der Waals surface area contributed by atoms with Gasteiger partial charge in [-0.15, -0.1) is 0 Å². The first-order valence-corrected chi connectivity index (χ1v) is 7.83. The summed E-state index contributed by atoms with van der Waals surface area (Å²) in [4.78, 5) is 24.1. The van der Waals surface area contributed by atoms with Crippen LogP contribution in [0.3, 0.4) is 0 Å². The molecule has 0 unspecified atom stereocenters. The molecule has 2 aromatic carbocycles. The lowest BCUT2D eigenvalue weighted by molar-refractivity contribution is 0.0526. The van der Waals surface area contributed by atoms with E-state index in [0.29, 0.717) is 34.5 Å². The molecule has 0 saturated carbocycles. The van der Waals surface area contributed by atoms with Gasteiger partial charge in [0.15, 0.2) is 0 Å². The number of rotatable bonds is 4. The second-order valence-corrected chi connectivity index (χ2v) is 5.51. The molecule has 3 aromatic rings. The van der Waals surface area contributed by atoms with Crippen LogP contribution in [-0.4, -0.2) is 23.1 Å². The number of fused-ring (bicyclic) bond motifs is 1. The number of anilines is 1. The summed E-state index contributed by atoms with van der Waals surface area (Å²) in [7, 11) is 1.71. The van der Waals surface area contributed by atoms with Crippen LogP contribution in [0, 0.1) is 5.82 Å². The van der Waals surface area contributed by atoms with Crippen molar-refractivity contribution in [3.8, 4) is 0 Å². The van der Waals surface area contributed by atoms with Crippen molar-refractivity contribution < 1.29 is 18.7 Å². The zero-order valence-electron chi connectivity index (χ0n) is 13.9. The molecule has 0 radical (unpaired) electrons. The molecule has 0 atom stereocenters. The maximum absolute atomic E-state index is 13.9. The number of nitrogens with zero attached hydrogens (tertiary/aromatic N) is 1. The Kier molecular flexibility index (Phi) is 4.52. The largest absolute Gasteiger partial charge is 0.462 e. The smallest absolute Gasteiger partial charge is 0.338 e. The fourth-order valence-corrected chi connectivity index (χ4v) is 2.64. The van der Waals surface area contributed by atoms with Gasteiger partial charge in [0.25, 0.3) is 5.91 Å². The zero-order valence-corrected chi connectivity index (χ0v) is 13.9. The summed E-state index contributed by atoms with van der Waals surface area (Å²) in [6.07, 6.45) is 0. The van der Waals surface area contributed by atoms with E-state index >= 15 is 0 Å². The Hall–Kier alpha value is -3.15. The van der Waals surface area contributed by atoms with Crippen molar-refractivity contribution in [2.75, 3.05) is 11.9 Å². The lowest BCUT2D eigenvalue weighted by Gasteiger charge is -2.07. The van der Waals surface area contributed by atoms with Crippen molar-refractivity contribution in [3.05, 3.63) is 65.6 Å². The third kappa shape index (κ3) is 3.24. The Bertz CT molecular complexity index is 945. The predicted molar refractivity (Wildman–Crippen MR) is 93.2 cm³/mol. The van der Waals surface area contributed by atoms with Crippen molar-refractivity contribution in [3.63, 3.8) is 0 Å². The van der Waals surface area contributed by atoms with Gasteiger partial charge in [0, 0.05) is 18.1 Å². The van der Waals surface area contributed by atoms with Crippen LogP contribution < -0.4 is 5.32 Å². The predicted octanol–water partition coefficient (Wildman–Crippen LogP) is 3.75. The van der Waals surface area contributed by atoms with E-state index in [4.69, 9.17) is 4.74 Å². The standard InChI is InChI=1S/C19H17FN2O3/c1-3-25-19(24)12-7-9-13(10-8-12)21-18(23)17-11-14-15(20)5-4-6-16(14)22(17)2/h4-11H,3H2,1-2H3,(H,21,23). The van der Waals surface area contributed by atoms with Gasteiger partial charge in [0.05, 0.1) is 17.7 Å². The van der Waals surface area contributed by atoms with E-state index in [9.17, 15) is 14.0 Å². The third-order valence-corrected chi connectivity index (χ3v) is 3.92. The number of aryl methyl sites for hydroxylation is 1. The van der Waals surface area contributed by atoms with Crippen LogP contribution in [-0.2, 0) is 11.8 Å². The molecular weight excluding hydrogens is 323 g/mol. The maximum atomic E-state index is 13.9. The van der Waals surface area contributed by atoms with Crippen molar-refractivity contribution >= 4 is 28.5 Å². The average molecular weight is 340 g/mol. The number of hydrogen-bond donors (Lipinski definition) is 1. The minimum absolute atomic E-state index is 0.301. The number of esters is 1. The fraction of sp³-hybridized carbons (Fsp3) is 0.158. The Balaban J connectivity index is 1.82. The van der Waals surface area contributed by atoms with Gasteiger partial charge in [-0.2, -0.15) is 0 Å². The quantitative estimate of drug-likeness (QED) is 0.736. The van der Waals surface area contributed by atoms with Gasteiger partial charge in [0.2, 0.25) is 0 Å². The summed E-state index contributed by atoms with van der Waals surface area (Å²) in [5, 5.41) is 3.14. The summed E-state index contributed by atoms with van der Waals surface area (Å²) >= 11 is 0. The third-order valence-electron chi connectivity index (χ3n) is 3.92. The molecule has 0 fully saturated rings. The number of aromatic nitrogens is 1. The number of halogens is 1. The van der Waals surface area contributed by atoms with Crippen LogP contribution in [0.4, 0.5) is 10.1 Å². The van der Waals surface area contributed by atoms with Gasteiger partial charge in [-0.1, -0.05) is 6.07 Å². The van der Waals surface area contributed by atoms with Crippen LogP contribution in [0.1, 0.15) is 27.8 Å². The monoisotopic (exact) mass is 340 g/mol. The summed E-state index contributed by atoms with van der Waals surface area (Å²) in [6, 6.07) is 12.6. The van der Waals surface area contributed by atoms with Gasteiger partial charge >= 0.3 is 5.97 Å². The molecule has 1 amide bonds. The first-order valence-electron chi connectivity index (χ1n) is 7.83. The molecule has 1 heterocycles. The molecule has 0 aliphatic heterocycles. The molecule has 0 aliphatic rings. The highest BCUT2D eigenvalue weighted by Gasteiger charge is 2.15. The van der Waals surface area contributed by atoms with E-state index < -0.39 is 5.97 Å². The molecule has 6 heteroatoms. The van der Waals surface area contributed by atoms with Gasteiger partial charge in [-0.05, 0) is 49.4 Å². The number of nitrogens with one attached hydrogen (secondary N) is 1. The molecular formula is C19H17FN2O3. The summed E-state index contributed by atoms with van der Waals surface area (Å²) in [5.41, 5.74) is 1.92. The molecule has 3 rings (SSSR count). The fourth-order valence-electron chi connectivity index (χ4n) is 2.64. The number of amides is 1. The topological polar surface area (TPSA) is 60.3 Å². The Morgan fingerprint density at radius 1 is 1.16 bits per heavy atom. The summed E-state index contributed by atoms with van der Waals surface area (Å²) in [5.74, 6) is -1.14. The molecule has 0 spiro atoms. The molecule has 1 aromatic heterocycles. The number of carbonyl (C=O) groups is 2. The van der Waals surface area contributed by atoms with Crippen LogP contribution in [0.15, 0.2) is 48.5 Å². The van der Waals surface area contributed by atoms with Gasteiger partial charge in [0.1, 0.15) is 11.5 Å². The van der Waals surface area contributed by atoms with E-state index in [1.807, 2.05) is 0 Å². The molecule has 1 N–H and O–H groups in total. The minimum Gasteiger partial charge on any atom is -0.462 e. The van der Waals surface area contributed by atoms with Crippen molar-refractivity contribution in [2.24, 2.45) is 7.05 Å². The second kappa shape index (κ2) is 6.76. The molecule has 0 saturated heterocycles. The van der Waals surface area contributed by atoms with Gasteiger partial charge in [-0.25, -0.2) is 9.18 Å². The van der Waals surface area contributed by atoms with E-state index in [1.54, 1.807) is 54.9 Å². The molecule has 128 valence electrons. The highest BCUT2D eigenvalue weighted by molar-refractivity contribution is 6.06. The van der Waals surface area contributed by atoms with Crippen LogP contribution in [0.5, 0.6) is 0 Å². The average Bonchev–Trinajstić information content (AvgIpc) is 2.94. The van der Waals surface area contributed by atoms with E-state index in [1.165, 1.54) is 12.1 Å². The second-order valence-electron chi connectivity index (χ2n) is 5.51. The molecule has 0 bridgehead atoms. The number of hydrogen-bond acceptors (Lipinski definition) is 3. The summed E-state index contributed by atoms with van der Waals surface area (Å²) in [6.45, 7) is 2.04. The van der Waals surface area contributed by atoms with Gasteiger partial charge < -0.3 is 14.6 Å².